The van der Waals surface area contributed by atoms with Gasteiger partial charge in [0.25, 0.3) is 0 Å². The van der Waals surface area contributed by atoms with Crippen molar-refractivity contribution in [2.75, 3.05) is 16.0 Å². The number of urea groups is 1. The molecular weight excluding hydrogens is 394 g/mol. The van der Waals surface area contributed by atoms with E-state index in [0.29, 0.717) is 23.9 Å². The summed E-state index contributed by atoms with van der Waals surface area (Å²) in [6.07, 6.45) is 4.61. The van der Waals surface area contributed by atoms with Crippen molar-refractivity contribution in [2.24, 2.45) is 5.92 Å². The third-order valence-electron chi connectivity index (χ3n) is 6.05. The zero-order valence-electron chi connectivity index (χ0n) is 17.6. The first kappa shape index (κ1) is 20.8. The molecule has 2 aromatic rings. The number of hydrogen-bond donors (Lipinski definition) is 2. The van der Waals surface area contributed by atoms with Crippen LogP contribution in [0.1, 0.15) is 43.7 Å². The van der Waals surface area contributed by atoms with Crippen molar-refractivity contribution in [2.45, 2.75) is 57.0 Å². The maximum Gasteiger partial charge on any atom is 0.319 e. The van der Waals surface area contributed by atoms with Gasteiger partial charge in [0, 0.05) is 16.6 Å². The number of carbonyl (C=O) groups excluding carboxylic acids is 2. The molecule has 0 bridgehead atoms. The summed E-state index contributed by atoms with van der Waals surface area (Å²) in [5.74, 6) is 1.03. The quantitative estimate of drug-likeness (QED) is 0.698. The van der Waals surface area contributed by atoms with Crippen LogP contribution < -0.4 is 15.5 Å². The zero-order chi connectivity index (χ0) is 21.1. The minimum Gasteiger partial charge on any atom is -0.335 e. The van der Waals surface area contributed by atoms with E-state index in [-0.39, 0.29) is 18.0 Å². The number of amides is 3. The number of thioether (sulfide) groups is 1. The highest BCUT2D eigenvalue weighted by molar-refractivity contribution is 8.00. The second kappa shape index (κ2) is 9.13. The molecule has 0 radical (unpaired) electrons. The second-order valence-electron chi connectivity index (χ2n) is 8.40. The summed E-state index contributed by atoms with van der Waals surface area (Å²) in [5, 5.41) is 6.10. The molecule has 1 saturated carbocycles. The minimum absolute atomic E-state index is 0.0886. The van der Waals surface area contributed by atoms with Gasteiger partial charge in [0.05, 0.1) is 18.0 Å². The number of benzene rings is 2. The highest BCUT2D eigenvalue weighted by atomic mass is 32.2. The number of nitrogens with one attached hydrogen (secondary N) is 2. The average Bonchev–Trinajstić information content (AvgIpc) is 2.73. The molecule has 1 fully saturated rings. The Labute approximate surface area is 182 Å². The molecule has 1 aliphatic carbocycles. The first-order valence-corrected chi connectivity index (χ1v) is 11.7. The highest BCUT2D eigenvalue weighted by Gasteiger charge is 2.26. The van der Waals surface area contributed by atoms with Crippen LogP contribution in [0.25, 0.3) is 0 Å². The normalized spacial score (nSPS) is 21.1. The summed E-state index contributed by atoms with van der Waals surface area (Å²) in [7, 11) is 0. The average molecular weight is 424 g/mol. The number of rotatable bonds is 4. The van der Waals surface area contributed by atoms with E-state index in [4.69, 9.17) is 0 Å². The molecule has 0 spiro atoms. The van der Waals surface area contributed by atoms with E-state index in [1.807, 2.05) is 23.1 Å². The van der Waals surface area contributed by atoms with Gasteiger partial charge in [-0.15, -0.1) is 11.8 Å². The number of hydrogen-bond acceptors (Lipinski definition) is 3. The highest BCUT2D eigenvalue weighted by Crippen LogP contribution is 2.38. The summed E-state index contributed by atoms with van der Waals surface area (Å²) >= 11 is 1.55. The van der Waals surface area contributed by atoms with Crippen molar-refractivity contribution in [1.29, 1.82) is 0 Å². The van der Waals surface area contributed by atoms with Crippen LogP contribution >= 0.6 is 11.8 Å². The van der Waals surface area contributed by atoms with Crippen molar-refractivity contribution in [3.05, 3.63) is 53.6 Å². The maximum atomic E-state index is 12.7. The Bertz CT molecular complexity index is 929. The number of nitrogens with zero attached hydrogens (tertiary/aromatic N) is 1. The van der Waals surface area contributed by atoms with Crippen LogP contribution in [0, 0.1) is 12.8 Å². The largest absolute Gasteiger partial charge is 0.335 e. The maximum absolute atomic E-state index is 12.7. The Morgan fingerprint density at radius 1 is 1.13 bits per heavy atom. The van der Waals surface area contributed by atoms with Gasteiger partial charge >= 0.3 is 6.03 Å². The van der Waals surface area contributed by atoms with Crippen LogP contribution in [0.15, 0.2) is 47.4 Å². The fourth-order valence-corrected chi connectivity index (χ4v) is 5.11. The van der Waals surface area contributed by atoms with Gasteiger partial charge in [0.1, 0.15) is 0 Å². The van der Waals surface area contributed by atoms with Crippen LogP contribution in [-0.4, -0.2) is 23.7 Å². The molecule has 30 heavy (non-hydrogen) atoms. The van der Waals surface area contributed by atoms with Crippen LogP contribution in [0.4, 0.5) is 16.2 Å². The fourth-order valence-electron chi connectivity index (χ4n) is 4.20. The van der Waals surface area contributed by atoms with Crippen molar-refractivity contribution < 1.29 is 9.59 Å². The van der Waals surface area contributed by atoms with Gasteiger partial charge in [0.2, 0.25) is 5.91 Å². The molecule has 2 aromatic carbocycles. The van der Waals surface area contributed by atoms with Gasteiger partial charge in [-0.3, -0.25) is 4.79 Å². The number of aryl methyl sites for hydroxylation is 1. The van der Waals surface area contributed by atoms with E-state index in [1.54, 1.807) is 11.8 Å². The van der Waals surface area contributed by atoms with Crippen LogP contribution in [-0.2, 0) is 11.3 Å². The first-order chi connectivity index (χ1) is 14.5. The van der Waals surface area contributed by atoms with Gasteiger partial charge in [-0.25, -0.2) is 4.79 Å². The van der Waals surface area contributed by atoms with Gasteiger partial charge < -0.3 is 15.5 Å². The molecule has 4 rings (SSSR count). The van der Waals surface area contributed by atoms with Gasteiger partial charge in [-0.05, 0) is 49.4 Å². The van der Waals surface area contributed by atoms with E-state index < -0.39 is 0 Å². The van der Waals surface area contributed by atoms with Gasteiger partial charge in [0.15, 0.2) is 0 Å². The molecule has 1 aliphatic heterocycles. The Morgan fingerprint density at radius 2 is 1.90 bits per heavy atom. The van der Waals surface area contributed by atoms with Crippen molar-refractivity contribution in [1.82, 2.24) is 5.32 Å². The number of anilines is 2. The van der Waals surface area contributed by atoms with Crippen LogP contribution in [0.2, 0.25) is 0 Å². The molecule has 158 valence electrons. The fraction of sp³-hybridized carbons (Fsp3) is 0.417. The lowest BCUT2D eigenvalue weighted by atomic mass is 9.86. The van der Waals surface area contributed by atoms with Gasteiger partial charge in [-0.1, -0.05) is 49.6 Å². The number of carbonyl (C=O) groups is 2. The molecule has 2 atom stereocenters. The van der Waals surface area contributed by atoms with Gasteiger partial charge in [-0.2, -0.15) is 0 Å². The zero-order valence-corrected chi connectivity index (χ0v) is 18.4. The molecule has 2 aliphatic rings. The van der Waals surface area contributed by atoms with E-state index in [1.165, 1.54) is 18.4 Å². The monoisotopic (exact) mass is 423 g/mol. The van der Waals surface area contributed by atoms with E-state index >= 15 is 0 Å². The van der Waals surface area contributed by atoms with Crippen LogP contribution in [0.3, 0.4) is 0 Å². The number of fused-ring (bicyclic) bond motifs is 1. The van der Waals surface area contributed by atoms with Crippen molar-refractivity contribution in [3.63, 3.8) is 0 Å². The smallest absolute Gasteiger partial charge is 0.319 e. The van der Waals surface area contributed by atoms with Crippen molar-refractivity contribution in [3.8, 4) is 0 Å². The summed E-state index contributed by atoms with van der Waals surface area (Å²) in [6, 6.07) is 14.1. The molecule has 5 nitrogen and oxygen atoms in total. The minimum atomic E-state index is -0.173. The molecule has 6 heteroatoms. The van der Waals surface area contributed by atoms with Crippen molar-refractivity contribution >= 4 is 35.1 Å². The molecule has 2 N–H and O–H groups in total. The summed E-state index contributed by atoms with van der Waals surface area (Å²) < 4.78 is 0. The lowest BCUT2D eigenvalue weighted by Gasteiger charge is -2.30. The lowest BCUT2D eigenvalue weighted by molar-refractivity contribution is -0.116. The lowest BCUT2D eigenvalue weighted by Crippen LogP contribution is -2.43. The van der Waals surface area contributed by atoms with E-state index in [2.05, 4.69) is 48.7 Å². The molecule has 1 heterocycles. The summed E-state index contributed by atoms with van der Waals surface area (Å²) in [6.45, 7) is 4.79. The summed E-state index contributed by atoms with van der Waals surface area (Å²) in [4.78, 5) is 28.1. The molecule has 0 unspecified atom stereocenters. The third kappa shape index (κ3) is 4.81. The Kier molecular flexibility index (Phi) is 6.32. The second-order valence-corrected chi connectivity index (χ2v) is 9.42. The van der Waals surface area contributed by atoms with E-state index in [9.17, 15) is 9.59 Å². The molecule has 3 amide bonds. The first-order valence-electron chi connectivity index (χ1n) is 10.7. The third-order valence-corrected chi connectivity index (χ3v) is 7.10. The molecule has 0 saturated heterocycles. The Morgan fingerprint density at radius 3 is 2.67 bits per heavy atom. The summed E-state index contributed by atoms with van der Waals surface area (Å²) in [5.41, 5.74) is 3.86. The molecular formula is C24H29N3O2S. The predicted molar refractivity (Wildman–Crippen MR) is 123 cm³/mol. The standard InChI is InChI=1S/C24H29N3O2S/c1-16-7-9-18(10-8-16)14-27-21-13-19(11-12-22(21)30-15-23(27)28)25-24(29)26-20-6-4-3-5-17(20)2/h7-13,17,20H,3-6,14-15H2,1-2H3,(H2,25,26,29)/t17-,20+/m0/s1. The molecule has 0 aromatic heterocycles. The predicted octanol–water partition coefficient (Wildman–Crippen LogP) is 5.33. The Balaban J connectivity index is 1.49. The SMILES string of the molecule is Cc1ccc(CN2C(=O)CSc3ccc(NC(=O)N[C@@H]4CCCC[C@@H]4C)cc32)cc1. The van der Waals surface area contributed by atoms with Crippen LogP contribution in [0.5, 0.6) is 0 Å². The topological polar surface area (TPSA) is 61.4 Å². The van der Waals surface area contributed by atoms with E-state index in [0.717, 1.165) is 29.0 Å². The Hall–Kier alpha value is -2.47.